The minimum atomic E-state index is -0.455. The van der Waals surface area contributed by atoms with Crippen LogP contribution in [-0.2, 0) is 17.6 Å². The molecule has 1 aliphatic carbocycles. The largest absolute Gasteiger partial charge is 0.494 e. The van der Waals surface area contributed by atoms with Crippen molar-refractivity contribution >= 4 is 22.8 Å². The highest BCUT2D eigenvalue weighted by Gasteiger charge is 2.18. The fourth-order valence-electron chi connectivity index (χ4n) is 3.58. The van der Waals surface area contributed by atoms with E-state index < -0.39 is 11.8 Å². The van der Waals surface area contributed by atoms with Crippen molar-refractivity contribution in [1.29, 1.82) is 0 Å². The molecule has 0 saturated carbocycles. The number of ether oxygens (including phenoxy) is 2. The van der Waals surface area contributed by atoms with Gasteiger partial charge in [-0.15, -0.1) is 0 Å². The summed E-state index contributed by atoms with van der Waals surface area (Å²) >= 11 is 0. The van der Waals surface area contributed by atoms with Gasteiger partial charge >= 0.3 is 0 Å². The maximum atomic E-state index is 12.1. The van der Waals surface area contributed by atoms with Crippen molar-refractivity contribution in [3.8, 4) is 11.5 Å². The van der Waals surface area contributed by atoms with Crippen molar-refractivity contribution in [3.63, 3.8) is 0 Å². The summed E-state index contributed by atoms with van der Waals surface area (Å²) in [5, 5.41) is 1.05. The Balaban J connectivity index is 1.29. The number of carbonyl (C=O) groups excluding carboxylic acids is 2. The molecule has 7 heteroatoms. The molecule has 0 unspecified atom stereocenters. The Morgan fingerprint density at radius 2 is 1.73 bits per heavy atom. The van der Waals surface area contributed by atoms with Gasteiger partial charge in [-0.3, -0.25) is 20.4 Å². The van der Waals surface area contributed by atoms with Crippen LogP contribution in [0, 0.1) is 0 Å². The van der Waals surface area contributed by atoms with Gasteiger partial charge in [-0.05, 0) is 68.7 Å². The predicted octanol–water partition coefficient (Wildman–Crippen LogP) is 3.55. The average Bonchev–Trinajstić information content (AvgIpc) is 3.15. The first-order valence-corrected chi connectivity index (χ1v) is 10.1. The van der Waals surface area contributed by atoms with Crippen LogP contribution in [0.5, 0.6) is 11.5 Å². The lowest BCUT2D eigenvalue weighted by Crippen LogP contribution is -2.43. The van der Waals surface area contributed by atoms with Crippen LogP contribution in [0.1, 0.15) is 41.4 Å². The first kappa shape index (κ1) is 19.8. The Morgan fingerprint density at radius 1 is 0.967 bits per heavy atom. The maximum Gasteiger partial charge on any atom is 0.276 e. The van der Waals surface area contributed by atoms with Gasteiger partial charge in [-0.25, -0.2) is 0 Å². The van der Waals surface area contributed by atoms with E-state index >= 15 is 0 Å². The predicted molar refractivity (Wildman–Crippen MR) is 112 cm³/mol. The van der Waals surface area contributed by atoms with Crippen LogP contribution in [-0.4, -0.2) is 25.0 Å². The van der Waals surface area contributed by atoms with Crippen LogP contribution >= 0.6 is 0 Å². The summed E-state index contributed by atoms with van der Waals surface area (Å²) in [4.78, 5) is 24.2. The normalized spacial score (nSPS) is 12.8. The fourth-order valence-corrected chi connectivity index (χ4v) is 3.58. The molecule has 1 heterocycles. The van der Waals surface area contributed by atoms with Gasteiger partial charge in [0.15, 0.2) is 6.61 Å². The second kappa shape index (κ2) is 8.90. The number of fused-ring (bicyclic) bond motifs is 3. The molecule has 3 aromatic rings. The monoisotopic (exact) mass is 408 g/mol. The van der Waals surface area contributed by atoms with Gasteiger partial charge < -0.3 is 13.9 Å². The molecule has 2 aromatic carbocycles. The van der Waals surface area contributed by atoms with Crippen LogP contribution in [0.3, 0.4) is 0 Å². The third-order valence-corrected chi connectivity index (χ3v) is 5.04. The van der Waals surface area contributed by atoms with Crippen LogP contribution in [0.25, 0.3) is 11.0 Å². The number of carbonyl (C=O) groups is 2. The van der Waals surface area contributed by atoms with Crippen LogP contribution in [0.15, 0.2) is 46.9 Å². The molecule has 2 amide bonds. The van der Waals surface area contributed by atoms with E-state index in [4.69, 9.17) is 13.9 Å². The molecule has 0 radical (unpaired) electrons. The number of hydrogen-bond donors (Lipinski definition) is 2. The molecule has 1 aromatic heterocycles. The Morgan fingerprint density at radius 3 is 2.53 bits per heavy atom. The number of nitrogens with one attached hydrogen (secondary N) is 2. The van der Waals surface area contributed by atoms with Crippen LogP contribution in [0.2, 0.25) is 0 Å². The quantitative estimate of drug-likeness (QED) is 0.609. The summed E-state index contributed by atoms with van der Waals surface area (Å²) in [6, 6.07) is 12.2. The summed E-state index contributed by atoms with van der Waals surface area (Å²) in [5.41, 5.74) is 7.24. The first-order chi connectivity index (χ1) is 14.6. The molecule has 156 valence electrons. The molecule has 30 heavy (non-hydrogen) atoms. The zero-order chi connectivity index (χ0) is 20.9. The summed E-state index contributed by atoms with van der Waals surface area (Å²) in [5.74, 6) is 1.46. The van der Waals surface area contributed by atoms with Gasteiger partial charge in [-0.2, -0.15) is 0 Å². The number of hydrogen-bond acceptors (Lipinski definition) is 5. The zero-order valence-corrected chi connectivity index (χ0v) is 16.8. The second-order valence-electron chi connectivity index (χ2n) is 7.12. The van der Waals surface area contributed by atoms with Crippen molar-refractivity contribution in [2.45, 2.75) is 32.6 Å². The van der Waals surface area contributed by atoms with Crippen LogP contribution < -0.4 is 20.3 Å². The molecule has 7 nitrogen and oxygen atoms in total. The standard InChI is InChI=1S/C23H24N2O5/c1-2-28-16-9-7-15(8-10-16)23(27)25-24-22(26)14-29-17-11-12-21-19(13-17)18-5-3-4-6-20(18)30-21/h7-13H,2-6,14H2,1H3,(H,24,26)(H,25,27). The van der Waals surface area contributed by atoms with Gasteiger partial charge in [0.2, 0.25) is 0 Å². The summed E-state index contributed by atoms with van der Waals surface area (Å²) in [7, 11) is 0. The number of hydrazine groups is 1. The minimum Gasteiger partial charge on any atom is -0.494 e. The lowest BCUT2D eigenvalue weighted by Gasteiger charge is -2.10. The van der Waals surface area contributed by atoms with E-state index in [-0.39, 0.29) is 6.61 Å². The molecule has 0 atom stereocenters. The summed E-state index contributed by atoms with van der Waals surface area (Å²) in [6.45, 7) is 2.23. The van der Waals surface area contributed by atoms with Gasteiger partial charge in [0, 0.05) is 22.9 Å². The smallest absolute Gasteiger partial charge is 0.276 e. The Hall–Kier alpha value is -3.48. The number of amides is 2. The van der Waals surface area contributed by atoms with E-state index in [0.29, 0.717) is 23.7 Å². The molecule has 0 aliphatic heterocycles. The van der Waals surface area contributed by atoms with Gasteiger partial charge in [0.25, 0.3) is 11.8 Å². The van der Waals surface area contributed by atoms with E-state index in [1.54, 1.807) is 30.3 Å². The number of furan rings is 1. The third-order valence-electron chi connectivity index (χ3n) is 5.04. The Labute approximate surface area is 174 Å². The van der Waals surface area contributed by atoms with E-state index in [9.17, 15) is 9.59 Å². The Bertz CT molecular complexity index is 1060. The number of benzene rings is 2. The third kappa shape index (κ3) is 4.40. The number of aryl methyl sites for hydroxylation is 2. The molecule has 0 spiro atoms. The highest BCUT2D eigenvalue weighted by molar-refractivity contribution is 5.95. The SMILES string of the molecule is CCOc1ccc(C(=O)NNC(=O)COc2ccc3oc4c(c3c2)CCCC4)cc1. The molecule has 0 saturated heterocycles. The summed E-state index contributed by atoms with van der Waals surface area (Å²) < 4.78 is 16.8. The van der Waals surface area contributed by atoms with Crippen molar-refractivity contribution < 1.29 is 23.5 Å². The lowest BCUT2D eigenvalue weighted by atomic mass is 9.96. The Kier molecular flexibility index (Phi) is 5.88. The highest BCUT2D eigenvalue weighted by atomic mass is 16.5. The van der Waals surface area contributed by atoms with Gasteiger partial charge in [0.05, 0.1) is 6.61 Å². The van der Waals surface area contributed by atoms with E-state index in [0.717, 1.165) is 42.4 Å². The van der Waals surface area contributed by atoms with Gasteiger partial charge in [0.1, 0.15) is 22.8 Å². The van der Waals surface area contributed by atoms with E-state index in [1.807, 2.05) is 19.1 Å². The fraction of sp³-hybridized carbons (Fsp3) is 0.304. The topological polar surface area (TPSA) is 89.8 Å². The second-order valence-corrected chi connectivity index (χ2v) is 7.12. The van der Waals surface area contributed by atoms with Crippen LogP contribution in [0.4, 0.5) is 0 Å². The summed E-state index contributed by atoms with van der Waals surface area (Å²) in [6.07, 6.45) is 4.28. The highest BCUT2D eigenvalue weighted by Crippen LogP contribution is 2.33. The average molecular weight is 408 g/mol. The van der Waals surface area contributed by atoms with E-state index in [2.05, 4.69) is 10.9 Å². The molecule has 2 N–H and O–H groups in total. The molecule has 0 bridgehead atoms. The van der Waals surface area contributed by atoms with E-state index in [1.165, 1.54) is 5.56 Å². The number of rotatable bonds is 6. The first-order valence-electron chi connectivity index (χ1n) is 10.1. The molecule has 0 fully saturated rings. The van der Waals surface area contributed by atoms with Crippen molar-refractivity contribution in [3.05, 3.63) is 59.4 Å². The molecular weight excluding hydrogens is 384 g/mol. The molecule has 4 rings (SSSR count). The molecular formula is C23H24N2O5. The van der Waals surface area contributed by atoms with Gasteiger partial charge in [-0.1, -0.05) is 0 Å². The zero-order valence-electron chi connectivity index (χ0n) is 16.8. The maximum absolute atomic E-state index is 12.1. The minimum absolute atomic E-state index is 0.213. The molecule has 1 aliphatic rings. The van der Waals surface area contributed by atoms with Crippen molar-refractivity contribution in [2.24, 2.45) is 0 Å². The van der Waals surface area contributed by atoms with Crippen molar-refractivity contribution in [1.82, 2.24) is 10.9 Å². The lowest BCUT2D eigenvalue weighted by molar-refractivity contribution is -0.123. The van der Waals surface area contributed by atoms with Crippen molar-refractivity contribution in [2.75, 3.05) is 13.2 Å².